The summed E-state index contributed by atoms with van der Waals surface area (Å²) in [4.78, 5) is 14.6. The van der Waals surface area contributed by atoms with Crippen molar-refractivity contribution in [2.75, 3.05) is 26.0 Å². The smallest absolute Gasteiger partial charge is 0.268 e. The zero-order valence-corrected chi connectivity index (χ0v) is 19.4. The monoisotopic (exact) mass is 470 g/mol. The number of aromatic nitrogens is 1. The highest BCUT2D eigenvalue weighted by molar-refractivity contribution is 7.90. The predicted octanol–water partition coefficient (Wildman–Crippen LogP) is 3.28. The van der Waals surface area contributed by atoms with Crippen molar-refractivity contribution < 1.29 is 17.6 Å². The van der Waals surface area contributed by atoms with Gasteiger partial charge in [0.1, 0.15) is 5.82 Å². The van der Waals surface area contributed by atoms with E-state index in [0.29, 0.717) is 17.8 Å². The zero-order chi connectivity index (χ0) is 23.6. The topological polar surface area (TPSA) is 83.4 Å². The second-order valence-corrected chi connectivity index (χ2v) is 10.0. The molecule has 33 heavy (non-hydrogen) atoms. The number of likely N-dealkylation sites (N-methyl/N-ethyl adjacent to an activating group) is 1. The normalized spacial score (nSPS) is 16.8. The van der Waals surface area contributed by atoms with Gasteiger partial charge in [-0.15, -0.1) is 0 Å². The lowest BCUT2D eigenvalue weighted by molar-refractivity contribution is -0.119. The van der Waals surface area contributed by atoms with Gasteiger partial charge >= 0.3 is 0 Å². The fourth-order valence-corrected chi connectivity index (χ4v) is 5.61. The Morgan fingerprint density at radius 1 is 1.15 bits per heavy atom. The molecule has 1 atom stereocenters. The number of hydrogen-bond acceptors (Lipinski definition) is 5. The maximum Gasteiger partial charge on any atom is 0.268 e. The van der Waals surface area contributed by atoms with Crippen LogP contribution in [-0.2, 0) is 21.4 Å². The molecule has 1 amide bonds. The number of nitrogens with one attached hydrogen (secondary N) is 2. The third-order valence-electron chi connectivity index (χ3n) is 5.85. The molecule has 0 aliphatic carbocycles. The Balaban J connectivity index is 1.71. The van der Waals surface area contributed by atoms with Crippen LogP contribution in [0.25, 0.3) is 11.3 Å². The van der Waals surface area contributed by atoms with Crippen LogP contribution in [0, 0.1) is 5.82 Å². The van der Waals surface area contributed by atoms with Crippen LogP contribution in [0.3, 0.4) is 0 Å². The average molecular weight is 471 g/mol. The van der Waals surface area contributed by atoms with Crippen molar-refractivity contribution in [1.29, 1.82) is 0 Å². The lowest BCUT2D eigenvalue weighted by atomic mass is 10.1. The minimum absolute atomic E-state index is 0.00396. The molecule has 7 nitrogen and oxygen atoms in total. The van der Waals surface area contributed by atoms with Crippen LogP contribution in [-0.4, -0.2) is 49.9 Å². The van der Waals surface area contributed by atoms with Gasteiger partial charge in [-0.1, -0.05) is 18.2 Å². The van der Waals surface area contributed by atoms with Crippen LogP contribution < -0.4 is 10.6 Å². The van der Waals surface area contributed by atoms with Crippen molar-refractivity contribution in [1.82, 2.24) is 14.2 Å². The summed E-state index contributed by atoms with van der Waals surface area (Å²) in [5, 5.41) is 5.82. The van der Waals surface area contributed by atoms with Crippen molar-refractivity contribution in [3.8, 4) is 11.3 Å². The van der Waals surface area contributed by atoms with E-state index in [-0.39, 0.29) is 28.1 Å². The molecular weight excluding hydrogens is 443 g/mol. The molecule has 174 valence electrons. The number of carbonyl (C=O) groups is 1. The molecular formula is C24H27FN4O3S. The first-order valence-electron chi connectivity index (χ1n) is 10.8. The molecule has 1 unspecified atom stereocenters. The van der Waals surface area contributed by atoms with Crippen LogP contribution in [0.1, 0.15) is 18.4 Å². The molecule has 1 aromatic heterocycles. The Morgan fingerprint density at radius 3 is 2.64 bits per heavy atom. The number of halogens is 1. The van der Waals surface area contributed by atoms with E-state index in [2.05, 4.69) is 10.6 Å². The van der Waals surface area contributed by atoms with E-state index in [1.165, 1.54) is 24.4 Å². The summed E-state index contributed by atoms with van der Waals surface area (Å²) in [5.41, 5.74) is 1.53. The van der Waals surface area contributed by atoms with E-state index in [9.17, 15) is 17.6 Å². The molecule has 4 rings (SSSR count). The van der Waals surface area contributed by atoms with Gasteiger partial charge in [0, 0.05) is 24.0 Å². The molecule has 0 bridgehead atoms. The SMILES string of the molecule is CNCc1cc(-c2ccccc2F)n(S(=O)(=O)c2cccc(NC(=O)C3CCCN3C)c2)c1. The second-order valence-electron chi connectivity index (χ2n) is 8.20. The van der Waals surface area contributed by atoms with E-state index in [1.807, 2.05) is 11.9 Å². The minimum Gasteiger partial charge on any atom is -0.325 e. The predicted molar refractivity (Wildman–Crippen MR) is 126 cm³/mol. The zero-order valence-electron chi connectivity index (χ0n) is 18.6. The van der Waals surface area contributed by atoms with Gasteiger partial charge in [0.05, 0.1) is 16.6 Å². The number of likely N-dealkylation sites (tertiary alicyclic amines) is 1. The highest BCUT2D eigenvalue weighted by atomic mass is 32.2. The highest BCUT2D eigenvalue weighted by Crippen LogP contribution is 2.30. The molecule has 0 spiro atoms. The molecule has 1 aliphatic rings. The van der Waals surface area contributed by atoms with Crippen molar-refractivity contribution in [2.45, 2.75) is 30.3 Å². The van der Waals surface area contributed by atoms with Gasteiger partial charge in [0.25, 0.3) is 10.0 Å². The fourth-order valence-electron chi connectivity index (χ4n) is 4.18. The van der Waals surface area contributed by atoms with Crippen molar-refractivity contribution >= 4 is 21.6 Å². The number of rotatable bonds is 7. The van der Waals surface area contributed by atoms with Crippen LogP contribution in [0.2, 0.25) is 0 Å². The van der Waals surface area contributed by atoms with Crippen LogP contribution in [0.15, 0.2) is 65.7 Å². The Labute approximate surface area is 193 Å². The molecule has 9 heteroatoms. The molecule has 0 saturated carbocycles. The lowest BCUT2D eigenvalue weighted by Gasteiger charge is -2.19. The summed E-state index contributed by atoms with van der Waals surface area (Å²) in [7, 11) is -0.407. The number of nitrogens with zero attached hydrogens (tertiary/aromatic N) is 2. The van der Waals surface area contributed by atoms with E-state index in [0.717, 1.165) is 23.4 Å². The first-order valence-corrected chi connectivity index (χ1v) is 12.2. The van der Waals surface area contributed by atoms with Gasteiger partial charge in [-0.3, -0.25) is 9.69 Å². The summed E-state index contributed by atoms with van der Waals surface area (Å²) < 4.78 is 42.9. The summed E-state index contributed by atoms with van der Waals surface area (Å²) in [6, 6.07) is 13.6. The Hall–Kier alpha value is -3.01. The number of hydrogen-bond donors (Lipinski definition) is 2. The van der Waals surface area contributed by atoms with Gasteiger partial charge in [-0.2, -0.15) is 0 Å². The van der Waals surface area contributed by atoms with E-state index >= 15 is 0 Å². The second kappa shape index (κ2) is 9.46. The number of benzene rings is 2. The fraction of sp³-hybridized carbons (Fsp3) is 0.292. The van der Waals surface area contributed by atoms with Crippen molar-refractivity contribution in [3.63, 3.8) is 0 Å². The van der Waals surface area contributed by atoms with Gasteiger partial charge in [-0.25, -0.2) is 16.8 Å². The van der Waals surface area contributed by atoms with Crippen LogP contribution in [0.5, 0.6) is 0 Å². The Bertz CT molecular complexity index is 1270. The number of amides is 1. The maximum atomic E-state index is 14.6. The molecule has 1 aliphatic heterocycles. The van der Waals surface area contributed by atoms with Gasteiger partial charge in [0.15, 0.2) is 0 Å². The van der Waals surface area contributed by atoms with Gasteiger partial charge in [0.2, 0.25) is 5.91 Å². The standard InChI is InChI=1S/C24H27FN4O3S/c1-26-15-17-13-23(20-9-3-4-10-21(20)25)29(16-17)33(31,32)19-8-5-7-18(14-19)27-24(30)22-11-6-12-28(22)2/h3-5,7-10,13-14,16,22,26H,6,11-12,15H2,1-2H3,(H,27,30). The van der Waals surface area contributed by atoms with Crippen LogP contribution >= 0.6 is 0 Å². The molecule has 2 aromatic carbocycles. The molecule has 1 saturated heterocycles. The van der Waals surface area contributed by atoms with Crippen molar-refractivity contribution in [3.05, 3.63) is 72.2 Å². The first kappa shape index (κ1) is 23.2. The summed E-state index contributed by atoms with van der Waals surface area (Å²) in [6.07, 6.45) is 3.21. The lowest BCUT2D eigenvalue weighted by Crippen LogP contribution is -2.37. The summed E-state index contributed by atoms with van der Waals surface area (Å²) in [6.45, 7) is 1.28. The number of anilines is 1. The average Bonchev–Trinajstić information content (AvgIpc) is 3.41. The number of carbonyl (C=O) groups excluding carboxylic acids is 1. The first-order chi connectivity index (χ1) is 15.8. The Kier molecular flexibility index (Phi) is 6.64. The Morgan fingerprint density at radius 2 is 1.94 bits per heavy atom. The molecule has 1 fully saturated rings. The van der Waals surface area contributed by atoms with Gasteiger partial charge in [-0.05, 0) is 75.4 Å². The minimum atomic E-state index is -4.06. The third kappa shape index (κ3) is 4.71. The maximum absolute atomic E-state index is 14.6. The molecule has 2 heterocycles. The van der Waals surface area contributed by atoms with E-state index < -0.39 is 15.8 Å². The van der Waals surface area contributed by atoms with Crippen LogP contribution in [0.4, 0.5) is 10.1 Å². The molecule has 0 radical (unpaired) electrons. The van der Waals surface area contributed by atoms with E-state index in [1.54, 1.807) is 43.4 Å². The largest absolute Gasteiger partial charge is 0.325 e. The summed E-state index contributed by atoms with van der Waals surface area (Å²) in [5.74, 6) is -0.668. The molecule has 3 aromatic rings. The quantitative estimate of drug-likeness (QED) is 0.554. The highest BCUT2D eigenvalue weighted by Gasteiger charge is 2.28. The summed E-state index contributed by atoms with van der Waals surface area (Å²) >= 11 is 0. The third-order valence-corrected chi connectivity index (χ3v) is 7.52. The van der Waals surface area contributed by atoms with Gasteiger partial charge < -0.3 is 10.6 Å². The van der Waals surface area contributed by atoms with E-state index in [4.69, 9.17) is 0 Å². The van der Waals surface area contributed by atoms with Crippen molar-refractivity contribution in [2.24, 2.45) is 0 Å². The molecule has 2 N–H and O–H groups in total.